The third kappa shape index (κ3) is 5.10. The zero-order valence-electron chi connectivity index (χ0n) is 12.7. The third-order valence-corrected chi connectivity index (χ3v) is 4.73. The van der Waals surface area contributed by atoms with Crippen LogP contribution < -0.4 is 4.74 Å². The molecule has 0 aliphatic carbocycles. The smallest absolute Gasteiger partial charge is 0.460 e. The largest absolute Gasteiger partial charge is 0.573 e. The molecule has 1 aromatic rings. The number of nitrogens with zero attached hydrogens (tertiary/aromatic N) is 1. The second kappa shape index (κ2) is 6.98. The predicted octanol–water partition coefficient (Wildman–Crippen LogP) is 2.05. The van der Waals surface area contributed by atoms with Gasteiger partial charge in [0.15, 0.2) is 0 Å². The Kier molecular flexibility index (Phi) is 5.38. The fraction of sp³-hybridized carbons (Fsp3) is 0.500. The molecule has 2 rings (SSSR count). The summed E-state index contributed by atoms with van der Waals surface area (Å²) >= 11 is 0. The van der Waals surface area contributed by atoms with Gasteiger partial charge in [0, 0.05) is 6.54 Å². The Balaban J connectivity index is 1.92. The summed E-state index contributed by atoms with van der Waals surface area (Å²) in [4.78, 5) is 12.0. The summed E-state index contributed by atoms with van der Waals surface area (Å²) in [6.07, 6.45) is -2.80. The third-order valence-electron chi connectivity index (χ3n) is 3.44. The van der Waals surface area contributed by atoms with Crippen LogP contribution in [0.5, 0.6) is 5.75 Å². The van der Waals surface area contributed by atoms with Crippen molar-refractivity contribution in [2.45, 2.75) is 31.9 Å². The molecule has 1 aliphatic rings. The lowest BCUT2D eigenvalue weighted by atomic mass is 10.2. The van der Waals surface area contributed by atoms with Crippen molar-refractivity contribution in [1.29, 1.82) is 0 Å². The number of halogens is 3. The number of carbonyl (C=O) groups excluding carboxylic acids is 1. The highest BCUT2D eigenvalue weighted by atomic mass is 32.2. The molecule has 1 heterocycles. The molecule has 0 N–H and O–H groups in total. The van der Waals surface area contributed by atoms with Gasteiger partial charge in [-0.2, -0.15) is 4.31 Å². The van der Waals surface area contributed by atoms with E-state index in [1.54, 1.807) is 0 Å². The van der Waals surface area contributed by atoms with Crippen LogP contribution in [-0.2, 0) is 26.2 Å². The van der Waals surface area contributed by atoms with E-state index >= 15 is 0 Å². The fourth-order valence-corrected chi connectivity index (χ4v) is 3.53. The van der Waals surface area contributed by atoms with Crippen LogP contribution in [0.3, 0.4) is 0 Å². The Labute approximate surface area is 137 Å². The lowest BCUT2D eigenvalue weighted by Crippen LogP contribution is -2.40. The van der Waals surface area contributed by atoms with E-state index in [1.165, 1.54) is 12.1 Å². The van der Waals surface area contributed by atoms with Crippen LogP contribution in [0.25, 0.3) is 0 Å². The quantitative estimate of drug-likeness (QED) is 0.745. The Morgan fingerprint density at radius 3 is 2.46 bits per heavy atom. The number of carbonyl (C=O) groups is 1. The zero-order chi connectivity index (χ0) is 18.0. The average Bonchev–Trinajstić information content (AvgIpc) is 2.94. The highest BCUT2D eigenvalue weighted by Crippen LogP contribution is 2.24. The Bertz CT molecular complexity index is 687. The van der Waals surface area contributed by atoms with Crippen LogP contribution in [0.2, 0.25) is 0 Å². The summed E-state index contributed by atoms with van der Waals surface area (Å²) in [6, 6.07) is 4.02. The van der Waals surface area contributed by atoms with Crippen LogP contribution in [0.1, 0.15) is 18.4 Å². The lowest BCUT2D eigenvalue weighted by molar-refractivity contribution is -0.274. The molecule has 0 radical (unpaired) electrons. The molecule has 6 nitrogen and oxygen atoms in total. The first kappa shape index (κ1) is 18.5. The summed E-state index contributed by atoms with van der Waals surface area (Å²) in [6.45, 7) is 0.0985. The van der Waals surface area contributed by atoms with Gasteiger partial charge in [0.05, 0.1) is 6.26 Å². The number of benzene rings is 1. The second-order valence-electron chi connectivity index (χ2n) is 5.33. The van der Waals surface area contributed by atoms with E-state index in [1.807, 2.05) is 0 Å². The number of hydrogen-bond donors (Lipinski definition) is 0. The van der Waals surface area contributed by atoms with Crippen molar-refractivity contribution >= 4 is 16.0 Å². The molecule has 0 saturated carbocycles. The fourth-order valence-electron chi connectivity index (χ4n) is 2.41. The molecule has 1 aromatic carbocycles. The Morgan fingerprint density at radius 2 is 1.92 bits per heavy atom. The molecule has 1 atom stereocenters. The van der Waals surface area contributed by atoms with Gasteiger partial charge >= 0.3 is 12.3 Å². The van der Waals surface area contributed by atoms with Crippen LogP contribution in [-0.4, -0.2) is 43.9 Å². The monoisotopic (exact) mass is 367 g/mol. The molecule has 134 valence electrons. The van der Waals surface area contributed by atoms with Gasteiger partial charge in [0.1, 0.15) is 18.4 Å². The Hall–Kier alpha value is -1.81. The van der Waals surface area contributed by atoms with Gasteiger partial charge in [-0.05, 0) is 30.5 Å². The van der Waals surface area contributed by atoms with Crippen molar-refractivity contribution in [3.8, 4) is 5.75 Å². The minimum Gasteiger partial charge on any atom is -0.460 e. The number of hydrogen-bond acceptors (Lipinski definition) is 5. The number of alkyl halides is 3. The summed E-state index contributed by atoms with van der Waals surface area (Å²) in [7, 11) is -3.49. The minimum atomic E-state index is -4.77. The summed E-state index contributed by atoms with van der Waals surface area (Å²) in [5, 5.41) is 0. The molecule has 24 heavy (non-hydrogen) atoms. The number of esters is 1. The highest BCUT2D eigenvalue weighted by molar-refractivity contribution is 7.88. The molecule has 0 aromatic heterocycles. The van der Waals surface area contributed by atoms with Gasteiger partial charge in [0.2, 0.25) is 10.0 Å². The molecule has 1 fully saturated rings. The standard InChI is InChI=1S/C14H16F3NO5S/c1-24(20,21)18-8-2-3-12(18)13(19)22-9-10-4-6-11(7-5-10)23-14(15,16)17/h4-7,12H,2-3,8-9H2,1H3/t12-/m0/s1. The predicted molar refractivity (Wildman–Crippen MR) is 77.5 cm³/mol. The van der Waals surface area contributed by atoms with Crippen LogP contribution in [0.15, 0.2) is 24.3 Å². The summed E-state index contributed by atoms with van der Waals surface area (Å²) in [5.74, 6) is -1.05. The average molecular weight is 367 g/mol. The molecule has 1 saturated heterocycles. The molecule has 0 spiro atoms. The molecular formula is C14H16F3NO5S. The topological polar surface area (TPSA) is 72.9 Å². The van der Waals surface area contributed by atoms with Gasteiger partial charge < -0.3 is 9.47 Å². The number of ether oxygens (including phenoxy) is 2. The van der Waals surface area contributed by atoms with Crippen molar-refractivity contribution in [3.63, 3.8) is 0 Å². The van der Waals surface area contributed by atoms with Gasteiger partial charge in [-0.3, -0.25) is 4.79 Å². The number of sulfonamides is 1. The zero-order valence-corrected chi connectivity index (χ0v) is 13.6. The van der Waals surface area contributed by atoms with E-state index in [0.717, 1.165) is 22.7 Å². The van der Waals surface area contributed by atoms with E-state index < -0.39 is 28.4 Å². The first-order chi connectivity index (χ1) is 11.1. The van der Waals surface area contributed by atoms with Crippen molar-refractivity contribution in [2.24, 2.45) is 0 Å². The number of rotatable bonds is 5. The normalized spacial score (nSPS) is 19.2. The lowest BCUT2D eigenvalue weighted by Gasteiger charge is -2.20. The van der Waals surface area contributed by atoms with Gasteiger partial charge in [-0.15, -0.1) is 13.2 Å². The van der Waals surface area contributed by atoms with E-state index in [2.05, 4.69) is 4.74 Å². The van der Waals surface area contributed by atoms with Crippen molar-refractivity contribution < 1.29 is 35.9 Å². The van der Waals surface area contributed by atoms with E-state index in [-0.39, 0.29) is 18.9 Å². The first-order valence-corrected chi connectivity index (χ1v) is 8.89. The summed E-state index contributed by atoms with van der Waals surface area (Å²) in [5.41, 5.74) is 0.460. The molecule has 10 heteroatoms. The maximum absolute atomic E-state index is 12.1. The molecule has 0 bridgehead atoms. The van der Waals surface area contributed by atoms with Crippen LogP contribution in [0, 0.1) is 0 Å². The van der Waals surface area contributed by atoms with E-state index in [0.29, 0.717) is 18.4 Å². The van der Waals surface area contributed by atoms with Gasteiger partial charge in [0.25, 0.3) is 0 Å². The summed E-state index contributed by atoms with van der Waals surface area (Å²) < 4.78 is 69.2. The van der Waals surface area contributed by atoms with E-state index in [9.17, 15) is 26.4 Å². The molecule has 0 amide bonds. The van der Waals surface area contributed by atoms with Crippen molar-refractivity contribution in [2.75, 3.05) is 12.8 Å². The SMILES string of the molecule is CS(=O)(=O)N1CCC[C@H]1C(=O)OCc1ccc(OC(F)(F)F)cc1. The van der Waals surface area contributed by atoms with Crippen LogP contribution in [0.4, 0.5) is 13.2 Å². The molecule has 1 aliphatic heterocycles. The highest BCUT2D eigenvalue weighted by Gasteiger charge is 2.37. The maximum Gasteiger partial charge on any atom is 0.573 e. The van der Waals surface area contributed by atoms with Gasteiger partial charge in [-0.1, -0.05) is 12.1 Å². The van der Waals surface area contributed by atoms with Crippen LogP contribution >= 0.6 is 0 Å². The first-order valence-electron chi connectivity index (χ1n) is 7.04. The second-order valence-corrected chi connectivity index (χ2v) is 7.27. The Morgan fingerprint density at radius 1 is 1.29 bits per heavy atom. The van der Waals surface area contributed by atoms with Gasteiger partial charge in [-0.25, -0.2) is 8.42 Å². The van der Waals surface area contributed by atoms with E-state index in [4.69, 9.17) is 4.74 Å². The molecular weight excluding hydrogens is 351 g/mol. The molecule has 0 unspecified atom stereocenters. The maximum atomic E-state index is 12.1. The van der Waals surface area contributed by atoms with Crippen molar-refractivity contribution in [1.82, 2.24) is 4.31 Å². The minimum absolute atomic E-state index is 0.167. The van der Waals surface area contributed by atoms with Crippen molar-refractivity contribution in [3.05, 3.63) is 29.8 Å².